The molecule has 118 valence electrons. The molecule has 0 N–H and O–H groups in total. The minimum atomic E-state index is -0.607. The van der Waals surface area contributed by atoms with Crippen LogP contribution in [0.25, 0.3) is 0 Å². The molecule has 0 bridgehead atoms. The highest BCUT2D eigenvalue weighted by molar-refractivity contribution is 6.42. The minimum absolute atomic E-state index is 0.247. The van der Waals surface area contributed by atoms with Gasteiger partial charge in [-0.25, -0.2) is 4.79 Å². The van der Waals surface area contributed by atoms with Crippen LogP contribution in [-0.2, 0) is 16.0 Å². The summed E-state index contributed by atoms with van der Waals surface area (Å²) in [4.78, 5) is 25.9. The summed E-state index contributed by atoms with van der Waals surface area (Å²) in [7, 11) is 0. The van der Waals surface area contributed by atoms with Gasteiger partial charge in [-0.1, -0.05) is 41.4 Å². The van der Waals surface area contributed by atoms with Crippen LogP contribution in [-0.4, -0.2) is 25.0 Å². The van der Waals surface area contributed by atoms with Crippen molar-refractivity contribution in [1.29, 1.82) is 0 Å². The van der Waals surface area contributed by atoms with Crippen LogP contribution in [0.4, 0.5) is 5.69 Å². The molecule has 2 aromatic rings. The van der Waals surface area contributed by atoms with Crippen LogP contribution in [0.15, 0.2) is 42.5 Å². The predicted molar refractivity (Wildman–Crippen MR) is 89.2 cm³/mol. The Labute approximate surface area is 143 Å². The number of hydrogen-bond donors (Lipinski definition) is 0. The van der Waals surface area contributed by atoms with E-state index in [0.29, 0.717) is 11.6 Å². The smallest absolute Gasteiger partial charge is 0.338 e. The summed E-state index contributed by atoms with van der Waals surface area (Å²) in [5.41, 5.74) is 2.26. The number of esters is 1. The number of hydrogen-bond acceptors (Lipinski definition) is 3. The average molecular weight is 350 g/mol. The summed E-state index contributed by atoms with van der Waals surface area (Å²) in [5, 5.41) is 0.619. The van der Waals surface area contributed by atoms with E-state index in [1.54, 1.807) is 4.90 Å². The van der Waals surface area contributed by atoms with Crippen molar-refractivity contribution in [3.8, 4) is 0 Å². The van der Waals surface area contributed by atoms with Crippen LogP contribution in [0.1, 0.15) is 15.9 Å². The zero-order valence-electron chi connectivity index (χ0n) is 12.1. The molecule has 0 saturated heterocycles. The number of carbonyl (C=O) groups excluding carboxylic acids is 2. The monoisotopic (exact) mass is 349 g/mol. The Bertz CT molecular complexity index is 776. The highest BCUT2D eigenvalue weighted by Gasteiger charge is 2.25. The van der Waals surface area contributed by atoms with Gasteiger partial charge in [0, 0.05) is 12.2 Å². The van der Waals surface area contributed by atoms with Crippen LogP contribution in [0.2, 0.25) is 10.0 Å². The number of carbonyl (C=O) groups is 2. The first kappa shape index (κ1) is 15.8. The van der Waals surface area contributed by atoms with Gasteiger partial charge in [-0.15, -0.1) is 0 Å². The fourth-order valence-electron chi connectivity index (χ4n) is 2.51. The fourth-order valence-corrected chi connectivity index (χ4v) is 2.81. The van der Waals surface area contributed by atoms with Crippen molar-refractivity contribution in [1.82, 2.24) is 0 Å². The summed E-state index contributed by atoms with van der Waals surface area (Å²) in [6.45, 7) is 0.288. The standard InChI is InChI=1S/C17H13Cl2NO3/c18-13-6-5-12(9-14(13)19)17(22)23-10-16(21)20-8-7-11-3-1-2-4-15(11)20/h1-6,9H,7-8,10H2. The normalized spacial score (nSPS) is 12.9. The number of nitrogens with zero attached hydrogens (tertiary/aromatic N) is 1. The molecule has 0 aliphatic carbocycles. The van der Waals surface area contributed by atoms with Gasteiger partial charge in [0.15, 0.2) is 6.61 Å². The predicted octanol–water partition coefficient (Wildman–Crippen LogP) is 3.74. The van der Waals surface area contributed by atoms with Gasteiger partial charge in [0.1, 0.15) is 0 Å². The number of anilines is 1. The summed E-state index contributed by atoms with van der Waals surface area (Å²) < 4.78 is 5.08. The Morgan fingerprint density at radius 3 is 2.65 bits per heavy atom. The summed E-state index contributed by atoms with van der Waals surface area (Å²) in [6.07, 6.45) is 0.808. The molecular weight excluding hydrogens is 337 g/mol. The largest absolute Gasteiger partial charge is 0.452 e. The van der Waals surface area contributed by atoms with E-state index in [-0.39, 0.29) is 23.1 Å². The number of para-hydroxylation sites is 1. The van der Waals surface area contributed by atoms with Gasteiger partial charge in [0.05, 0.1) is 15.6 Å². The Hall–Kier alpha value is -2.04. The Balaban J connectivity index is 1.63. The summed E-state index contributed by atoms with van der Waals surface area (Å²) in [6, 6.07) is 12.1. The van der Waals surface area contributed by atoms with Crippen LogP contribution >= 0.6 is 23.2 Å². The highest BCUT2D eigenvalue weighted by Crippen LogP contribution is 2.27. The summed E-state index contributed by atoms with van der Waals surface area (Å²) in [5.74, 6) is -0.854. The van der Waals surface area contributed by atoms with Crippen molar-refractivity contribution in [3.05, 3.63) is 63.6 Å². The van der Waals surface area contributed by atoms with E-state index in [0.717, 1.165) is 17.7 Å². The van der Waals surface area contributed by atoms with E-state index in [1.165, 1.54) is 18.2 Å². The maximum Gasteiger partial charge on any atom is 0.338 e. The van der Waals surface area contributed by atoms with Gasteiger partial charge < -0.3 is 9.64 Å². The van der Waals surface area contributed by atoms with Crippen LogP contribution in [0.5, 0.6) is 0 Å². The highest BCUT2D eigenvalue weighted by atomic mass is 35.5. The van der Waals surface area contributed by atoms with E-state index in [1.807, 2.05) is 24.3 Å². The maximum atomic E-state index is 12.3. The van der Waals surface area contributed by atoms with Gasteiger partial charge >= 0.3 is 5.97 Å². The topological polar surface area (TPSA) is 46.6 Å². The first-order valence-corrected chi connectivity index (χ1v) is 7.82. The Morgan fingerprint density at radius 2 is 1.87 bits per heavy atom. The fraction of sp³-hybridized carbons (Fsp3) is 0.176. The second-order valence-electron chi connectivity index (χ2n) is 5.13. The summed E-state index contributed by atoms with van der Waals surface area (Å²) >= 11 is 11.7. The molecule has 6 heteroatoms. The number of halogens is 2. The Kier molecular flexibility index (Phi) is 4.55. The van der Waals surface area contributed by atoms with Crippen molar-refractivity contribution in [2.75, 3.05) is 18.1 Å². The molecule has 0 atom stereocenters. The number of ether oxygens (including phenoxy) is 1. The molecule has 0 fully saturated rings. The second kappa shape index (κ2) is 6.60. The third-order valence-electron chi connectivity index (χ3n) is 3.67. The lowest BCUT2D eigenvalue weighted by molar-refractivity contribution is -0.121. The van der Waals surface area contributed by atoms with Gasteiger partial charge in [0.25, 0.3) is 5.91 Å². The van der Waals surface area contributed by atoms with Gasteiger partial charge in [-0.3, -0.25) is 4.79 Å². The molecule has 1 heterocycles. The van der Waals surface area contributed by atoms with Crippen LogP contribution in [0.3, 0.4) is 0 Å². The maximum absolute atomic E-state index is 12.3. The van der Waals surface area contributed by atoms with Crippen molar-refractivity contribution in [2.45, 2.75) is 6.42 Å². The average Bonchev–Trinajstić information content (AvgIpc) is 2.99. The molecule has 1 aliphatic rings. The molecule has 4 nitrogen and oxygen atoms in total. The lowest BCUT2D eigenvalue weighted by Gasteiger charge is -2.17. The molecule has 23 heavy (non-hydrogen) atoms. The molecule has 2 aromatic carbocycles. The molecular formula is C17H13Cl2NO3. The van der Waals surface area contributed by atoms with Crippen molar-refractivity contribution in [2.24, 2.45) is 0 Å². The van der Waals surface area contributed by atoms with E-state index in [9.17, 15) is 9.59 Å². The number of fused-ring (bicyclic) bond motifs is 1. The molecule has 1 amide bonds. The van der Waals surface area contributed by atoms with E-state index < -0.39 is 5.97 Å². The quantitative estimate of drug-likeness (QED) is 0.793. The lowest BCUT2D eigenvalue weighted by Crippen LogP contribution is -2.33. The van der Waals surface area contributed by atoms with Gasteiger partial charge in [-0.05, 0) is 36.2 Å². The molecule has 1 aliphatic heterocycles. The van der Waals surface area contributed by atoms with E-state index in [2.05, 4.69) is 0 Å². The van der Waals surface area contributed by atoms with Gasteiger partial charge in [-0.2, -0.15) is 0 Å². The third-order valence-corrected chi connectivity index (χ3v) is 4.41. The minimum Gasteiger partial charge on any atom is -0.452 e. The Morgan fingerprint density at radius 1 is 1.09 bits per heavy atom. The second-order valence-corrected chi connectivity index (χ2v) is 5.94. The zero-order chi connectivity index (χ0) is 16.4. The van der Waals surface area contributed by atoms with Crippen LogP contribution < -0.4 is 4.90 Å². The lowest BCUT2D eigenvalue weighted by atomic mass is 10.2. The molecule has 0 aromatic heterocycles. The number of benzene rings is 2. The zero-order valence-corrected chi connectivity index (χ0v) is 13.6. The molecule has 0 saturated carbocycles. The molecule has 3 rings (SSSR count). The molecule has 0 spiro atoms. The van der Waals surface area contributed by atoms with Crippen molar-refractivity contribution in [3.63, 3.8) is 0 Å². The molecule has 0 radical (unpaired) electrons. The first-order chi connectivity index (χ1) is 11.1. The van der Waals surface area contributed by atoms with Crippen molar-refractivity contribution >= 4 is 40.8 Å². The van der Waals surface area contributed by atoms with Gasteiger partial charge in [0.2, 0.25) is 0 Å². The number of amides is 1. The number of rotatable bonds is 3. The third kappa shape index (κ3) is 3.33. The first-order valence-electron chi connectivity index (χ1n) is 7.06. The van der Waals surface area contributed by atoms with Crippen LogP contribution in [0, 0.1) is 0 Å². The van der Waals surface area contributed by atoms with Crippen molar-refractivity contribution < 1.29 is 14.3 Å². The van der Waals surface area contributed by atoms with E-state index in [4.69, 9.17) is 27.9 Å². The van der Waals surface area contributed by atoms with E-state index >= 15 is 0 Å². The molecule has 0 unspecified atom stereocenters. The SMILES string of the molecule is O=C(OCC(=O)N1CCc2ccccc21)c1ccc(Cl)c(Cl)c1.